The Hall–Kier alpha value is -2.17. The van der Waals surface area contributed by atoms with Crippen molar-refractivity contribution in [2.75, 3.05) is 13.2 Å². The maximum atomic E-state index is 12.3. The fourth-order valence-electron chi connectivity index (χ4n) is 3.29. The predicted octanol–water partition coefficient (Wildman–Crippen LogP) is 3.58. The fourth-order valence-corrected chi connectivity index (χ4v) is 3.29. The third-order valence-electron chi connectivity index (χ3n) is 4.64. The molecule has 0 aliphatic carbocycles. The largest absolute Gasteiger partial charge is 0.465 e. The molecule has 1 heterocycles. The zero-order valence-electron chi connectivity index (χ0n) is 14.8. The van der Waals surface area contributed by atoms with E-state index in [1.807, 2.05) is 55.5 Å². The van der Waals surface area contributed by atoms with E-state index >= 15 is 0 Å². The monoisotopic (exact) mass is 339 g/mol. The zero-order valence-corrected chi connectivity index (χ0v) is 14.8. The Balaban J connectivity index is 1.62. The molecule has 0 amide bonds. The summed E-state index contributed by atoms with van der Waals surface area (Å²) in [7, 11) is 0. The van der Waals surface area contributed by atoms with Gasteiger partial charge in [-0.2, -0.15) is 0 Å². The van der Waals surface area contributed by atoms with Gasteiger partial charge in [0.25, 0.3) is 0 Å². The Morgan fingerprint density at radius 3 is 2.36 bits per heavy atom. The second-order valence-electron chi connectivity index (χ2n) is 6.30. The van der Waals surface area contributed by atoms with E-state index in [1.165, 1.54) is 5.56 Å². The fraction of sp³-hybridized carbons (Fsp3) is 0.381. The van der Waals surface area contributed by atoms with Crippen LogP contribution >= 0.6 is 0 Å². The number of esters is 1. The number of ether oxygens (including phenoxy) is 2. The first-order chi connectivity index (χ1) is 12.2. The average molecular weight is 339 g/mol. The summed E-state index contributed by atoms with van der Waals surface area (Å²) >= 11 is 0. The van der Waals surface area contributed by atoms with E-state index in [0.29, 0.717) is 19.8 Å². The summed E-state index contributed by atoms with van der Waals surface area (Å²) in [6, 6.07) is 20.3. The number of carbonyl (C=O) groups is 1. The van der Waals surface area contributed by atoms with Crippen LogP contribution in [0, 0.1) is 0 Å². The first-order valence-corrected chi connectivity index (χ1v) is 8.83. The van der Waals surface area contributed by atoms with Crippen molar-refractivity contribution < 1.29 is 14.3 Å². The third kappa shape index (κ3) is 4.27. The van der Waals surface area contributed by atoms with E-state index in [9.17, 15) is 4.79 Å². The highest BCUT2D eigenvalue weighted by Crippen LogP contribution is 2.39. The van der Waals surface area contributed by atoms with E-state index < -0.39 is 0 Å². The van der Waals surface area contributed by atoms with Crippen LogP contribution in [0.5, 0.6) is 0 Å². The number of rotatable bonds is 8. The summed E-state index contributed by atoms with van der Waals surface area (Å²) in [5.41, 5.74) is 2.33. The quantitative estimate of drug-likeness (QED) is 0.544. The van der Waals surface area contributed by atoms with E-state index in [4.69, 9.17) is 9.47 Å². The molecule has 0 aromatic heterocycles. The molecule has 0 saturated carbocycles. The van der Waals surface area contributed by atoms with Gasteiger partial charge in [0.2, 0.25) is 0 Å². The van der Waals surface area contributed by atoms with E-state index in [-0.39, 0.29) is 24.1 Å². The van der Waals surface area contributed by atoms with Crippen LogP contribution in [0.3, 0.4) is 0 Å². The summed E-state index contributed by atoms with van der Waals surface area (Å²) < 4.78 is 11.1. The lowest BCUT2D eigenvalue weighted by molar-refractivity contribution is -0.143. The summed E-state index contributed by atoms with van der Waals surface area (Å²) in [6.45, 7) is 5.45. The molecule has 2 aromatic carbocycles. The number of hydrogen-bond acceptors (Lipinski definition) is 4. The first-order valence-electron chi connectivity index (χ1n) is 8.83. The van der Waals surface area contributed by atoms with Crippen LogP contribution in [0.1, 0.15) is 31.0 Å². The van der Waals surface area contributed by atoms with Gasteiger partial charge >= 0.3 is 5.97 Å². The summed E-state index contributed by atoms with van der Waals surface area (Å²) in [4.78, 5) is 14.5. The molecule has 0 radical (unpaired) electrons. The molecular weight excluding hydrogens is 314 g/mol. The van der Waals surface area contributed by atoms with Gasteiger partial charge in [-0.25, -0.2) is 0 Å². The molecule has 3 rings (SSSR count). The lowest BCUT2D eigenvalue weighted by Crippen LogP contribution is -2.18. The zero-order chi connectivity index (χ0) is 17.6. The van der Waals surface area contributed by atoms with Gasteiger partial charge in [0.15, 0.2) is 0 Å². The van der Waals surface area contributed by atoms with Crippen LogP contribution in [0.2, 0.25) is 0 Å². The van der Waals surface area contributed by atoms with Crippen molar-refractivity contribution in [2.24, 2.45) is 0 Å². The van der Waals surface area contributed by atoms with Crippen LogP contribution in [0.25, 0.3) is 0 Å². The van der Waals surface area contributed by atoms with Gasteiger partial charge in [-0.05, 0) is 25.0 Å². The number of hydrogen-bond donors (Lipinski definition) is 0. The van der Waals surface area contributed by atoms with Crippen molar-refractivity contribution in [1.82, 2.24) is 4.90 Å². The maximum Gasteiger partial charge on any atom is 0.325 e. The Morgan fingerprint density at radius 2 is 1.72 bits per heavy atom. The smallest absolute Gasteiger partial charge is 0.325 e. The van der Waals surface area contributed by atoms with Crippen molar-refractivity contribution in [3.05, 3.63) is 71.8 Å². The summed E-state index contributed by atoms with van der Waals surface area (Å²) in [5, 5.41) is 0. The molecule has 1 aliphatic rings. The highest BCUT2D eigenvalue weighted by molar-refractivity contribution is 5.80. The molecule has 1 fully saturated rings. The Morgan fingerprint density at radius 1 is 1.08 bits per heavy atom. The lowest BCUT2D eigenvalue weighted by Gasteiger charge is -2.15. The highest BCUT2D eigenvalue weighted by Gasteiger charge is 2.55. The van der Waals surface area contributed by atoms with Crippen molar-refractivity contribution in [2.45, 2.75) is 38.6 Å². The molecule has 4 heteroatoms. The van der Waals surface area contributed by atoms with Crippen LogP contribution in [-0.2, 0) is 20.9 Å². The van der Waals surface area contributed by atoms with Crippen molar-refractivity contribution >= 4 is 5.97 Å². The van der Waals surface area contributed by atoms with Crippen molar-refractivity contribution in [1.29, 1.82) is 0 Å². The Kier molecular flexibility index (Phi) is 5.84. The normalized spacial score (nSPS) is 23.0. The van der Waals surface area contributed by atoms with Gasteiger partial charge in [0, 0.05) is 6.04 Å². The van der Waals surface area contributed by atoms with Gasteiger partial charge in [-0.1, -0.05) is 60.7 Å². The van der Waals surface area contributed by atoms with Crippen molar-refractivity contribution in [3.63, 3.8) is 0 Å². The molecule has 132 valence electrons. The summed E-state index contributed by atoms with van der Waals surface area (Å²) in [6.07, 6.45) is 0. The average Bonchev–Trinajstić information content (AvgIpc) is 3.37. The Bertz CT molecular complexity index is 674. The maximum absolute atomic E-state index is 12.3. The lowest BCUT2D eigenvalue weighted by atomic mass is 10.1. The third-order valence-corrected chi connectivity index (χ3v) is 4.64. The molecule has 1 saturated heterocycles. The highest BCUT2D eigenvalue weighted by atomic mass is 16.5. The minimum absolute atomic E-state index is 0.0676. The molecule has 25 heavy (non-hydrogen) atoms. The number of carbonyl (C=O) groups excluding carboxylic acids is 1. The first kappa shape index (κ1) is 17.6. The number of benzene rings is 2. The molecular formula is C21H25NO3. The van der Waals surface area contributed by atoms with Gasteiger partial charge < -0.3 is 9.47 Å². The molecule has 0 spiro atoms. The topological polar surface area (TPSA) is 38.5 Å². The minimum Gasteiger partial charge on any atom is -0.465 e. The van der Waals surface area contributed by atoms with E-state index in [1.54, 1.807) is 0 Å². The Labute approximate surface area is 149 Å². The molecule has 4 atom stereocenters. The van der Waals surface area contributed by atoms with Gasteiger partial charge in [0.05, 0.1) is 25.9 Å². The van der Waals surface area contributed by atoms with Crippen LogP contribution in [0.4, 0.5) is 0 Å². The molecule has 1 aliphatic heterocycles. The van der Waals surface area contributed by atoms with E-state index in [0.717, 1.165) is 5.56 Å². The second-order valence-corrected chi connectivity index (χ2v) is 6.30. The van der Waals surface area contributed by atoms with Gasteiger partial charge in [0.1, 0.15) is 6.04 Å². The SMILES string of the molecule is CCOC(=O)[C@@H]1[C@@H](COCc2ccccc2)N1[C@@H](C)c1ccccc1. The standard InChI is InChI=1S/C21H25NO3/c1-3-25-21(23)20-19(15-24-14-17-10-6-4-7-11-17)22(20)16(2)18-12-8-5-9-13-18/h4-13,16,19-20H,3,14-15H2,1-2H3/t16-,19+,20-,22?/m0/s1. The molecule has 0 N–H and O–H groups in total. The molecule has 4 nitrogen and oxygen atoms in total. The van der Waals surface area contributed by atoms with Gasteiger partial charge in [-0.15, -0.1) is 0 Å². The van der Waals surface area contributed by atoms with Crippen LogP contribution < -0.4 is 0 Å². The van der Waals surface area contributed by atoms with Crippen LogP contribution in [-0.4, -0.2) is 36.2 Å². The minimum atomic E-state index is -0.217. The predicted molar refractivity (Wildman–Crippen MR) is 97.0 cm³/mol. The second kappa shape index (κ2) is 8.28. The van der Waals surface area contributed by atoms with Crippen LogP contribution in [0.15, 0.2) is 60.7 Å². The van der Waals surface area contributed by atoms with Crippen molar-refractivity contribution in [3.8, 4) is 0 Å². The van der Waals surface area contributed by atoms with E-state index in [2.05, 4.69) is 24.0 Å². The molecule has 0 bridgehead atoms. The molecule has 2 aromatic rings. The van der Waals surface area contributed by atoms with Gasteiger partial charge in [-0.3, -0.25) is 9.69 Å². The molecule has 1 unspecified atom stereocenters. The summed E-state index contributed by atoms with van der Waals surface area (Å²) in [5.74, 6) is -0.154. The number of nitrogens with zero attached hydrogens (tertiary/aromatic N) is 1.